The highest BCUT2D eigenvalue weighted by molar-refractivity contribution is 4.92. The summed E-state index contributed by atoms with van der Waals surface area (Å²) < 4.78 is 6.09. The standard InChI is InChI=1S/C14H28O/c1-12(2,3)10-14(8-7-9-15-14)11-13(4,5)6/h7-11H2,1-6H3. The molecule has 0 aromatic rings. The van der Waals surface area contributed by atoms with Crippen LogP contribution >= 0.6 is 0 Å². The van der Waals surface area contributed by atoms with E-state index >= 15 is 0 Å². The first-order valence-electron chi connectivity index (χ1n) is 6.26. The number of hydrogen-bond acceptors (Lipinski definition) is 1. The Bertz CT molecular complexity index is 180. The van der Waals surface area contributed by atoms with Crippen molar-refractivity contribution in [1.82, 2.24) is 0 Å². The van der Waals surface area contributed by atoms with Gasteiger partial charge >= 0.3 is 0 Å². The van der Waals surface area contributed by atoms with Crippen LogP contribution in [-0.2, 0) is 4.74 Å². The third-order valence-corrected chi connectivity index (χ3v) is 2.89. The van der Waals surface area contributed by atoms with E-state index in [1.807, 2.05) is 0 Å². The summed E-state index contributed by atoms with van der Waals surface area (Å²) in [6.07, 6.45) is 4.88. The van der Waals surface area contributed by atoms with Gasteiger partial charge < -0.3 is 4.74 Å². The van der Waals surface area contributed by atoms with Gasteiger partial charge in [0.15, 0.2) is 0 Å². The Hall–Kier alpha value is -0.0400. The summed E-state index contributed by atoms with van der Waals surface area (Å²) in [5.74, 6) is 0. The van der Waals surface area contributed by atoms with Gasteiger partial charge in [0.2, 0.25) is 0 Å². The molecule has 0 spiro atoms. The highest BCUT2D eigenvalue weighted by Crippen LogP contribution is 2.44. The molecule has 1 saturated heterocycles. The molecular formula is C14H28O. The Kier molecular flexibility index (Phi) is 3.55. The SMILES string of the molecule is CC(C)(C)CC1(CC(C)(C)C)CCCO1. The zero-order valence-electron chi connectivity index (χ0n) is 11.4. The second-order valence-electron chi connectivity index (χ2n) is 7.61. The second kappa shape index (κ2) is 4.08. The largest absolute Gasteiger partial charge is 0.375 e. The van der Waals surface area contributed by atoms with Gasteiger partial charge in [0.1, 0.15) is 0 Å². The predicted molar refractivity (Wildman–Crippen MR) is 66.1 cm³/mol. The minimum atomic E-state index is 0.163. The molecule has 0 aliphatic carbocycles. The van der Waals surface area contributed by atoms with E-state index in [2.05, 4.69) is 41.5 Å². The lowest BCUT2D eigenvalue weighted by molar-refractivity contribution is -0.0524. The molecule has 1 aliphatic heterocycles. The van der Waals surface area contributed by atoms with E-state index in [1.54, 1.807) is 0 Å². The highest BCUT2D eigenvalue weighted by Gasteiger charge is 2.41. The molecular weight excluding hydrogens is 184 g/mol. The summed E-state index contributed by atoms with van der Waals surface area (Å²) in [5.41, 5.74) is 0.904. The van der Waals surface area contributed by atoms with Crippen LogP contribution in [0.15, 0.2) is 0 Å². The van der Waals surface area contributed by atoms with Crippen LogP contribution < -0.4 is 0 Å². The minimum Gasteiger partial charge on any atom is -0.375 e. The van der Waals surface area contributed by atoms with Crippen molar-refractivity contribution >= 4 is 0 Å². The van der Waals surface area contributed by atoms with Gasteiger partial charge in [0, 0.05) is 6.61 Å². The Labute approximate surface area is 95.6 Å². The number of hydrogen-bond donors (Lipinski definition) is 0. The van der Waals surface area contributed by atoms with Gasteiger partial charge in [0.05, 0.1) is 5.60 Å². The lowest BCUT2D eigenvalue weighted by Gasteiger charge is -2.39. The van der Waals surface area contributed by atoms with E-state index in [4.69, 9.17) is 4.74 Å². The van der Waals surface area contributed by atoms with E-state index in [0.29, 0.717) is 10.8 Å². The summed E-state index contributed by atoms with van der Waals surface area (Å²) in [5, 5.41) is 0. The van der Waals surface area contributed by atoms with Crippen molar-refractivity contribution in [3.63, 3.8) is 0 Å². The molecule has 1 rings (SSSR count). The van der Waals surface area contributed by atoms with Crippen LogP contribution in [0.1, 0.15) is 67.2 Å². The van der Waals surface area contributed by atoms with Gasteiger partial charge in [-0.2, -0.15) is 0 Å². The Morgan fingerprint density at radius 3 is 1.67 bits per heavy atom. The number of ether oxygens (including phenoxy) is 1. The molecule has 1 heterocycles. The van der Waals surface area contributed by atoms with Crippen LogP contribution in [0.4, 0.5) is 0 Å². The fourth-order valence-electron chi connectivity index (χ4n) is 3.03. The van der Waals surface area contributed by atoms with Gasteiger partial charge in [-0.3, -0.25) is 0 Å². The fraction of sp³-hybridized carbons (Fsp3) is 1.00. The average Bonchev–Trinajstić information content (AvgIpc) is 2.27. The van der Waals surface area contributed by atoms with Crippen molar-refractivity contribution in [3.8, 4) is 0 Å². The van der Waals surface area contributed by atoms with Gasteiger partial charge in [-0.05, 0) is 36.5 Å². The van der Waals surface area contributed by atoms with Gasteiger partial charge in [0.25, 0.3) is 0 Å². The van der Waals surface area contributed by atoms with Crippen LogP contribution in [0.25, 0.3) is 0 Å². The van der Waals surface area contributed by atoms with Crippen LogP contribution in [0, 0.1) is 10.8 Å². The smallest absolute Gasteiger partial charge is 0.0693 e. The van der Waals surface area contributed by atoms with E-state index in [9.17, 15) is 0 Å². The van der Waals surface area contributed by atoms with Crippen LogP contribution in [0.2, 0.25) is 0 Å². The summed E-state index contributed by atoms with van der Waals surface area (Å²) in [4.78, 5) is 0. The van der Waals surface area contributed by atoms with Crippen LogP contribution in [0.3, 0.4) is 0 Å². The third kappa shape index (κ3) is 4.55. The van der Waals surface area contributed by atoms with Crippen molar-refractivity contribution < 1.29 is 4.74 Å². The highest BCUT2D eigenvalue weighted by atomic mass is 16.5. The van der Waals surface area contributed by atoms with Crippen LogP contribution in [-0.4, -0.2) is 12.2 Å². The summed E-state index contributed by atoms with van der Waals surface area (Å²) in [7, 11) is 0. The first kappa shape index (κ1) is 13.0. The quantitative estimate of drug-likeness (QED) is 0.659. The third-order valence-electron chi connectivity index (χ3n) is 2.89. The van der Waals surface area contributed by atoms with Gasteiger partial charge in [-0.15, -0.1) is 0 Å². The lowest BCUT2D eigenvalue weighted by atomic mass is 9.73. The minimum absolute atomic E-state index is 0.163. The molecule has 1 fully saturated rings. The zero-order chi connectivity index (χ0) is 11.7. The van der Waals surface area contributed by atoms with Crippen LogP contribution in [0.5, 0.6) is 0 Å². The molecule has 0 saturated carbocycles. The molecule has 0 aromatic heterocycles. The lowest BCUT2D eigenvalue weighted by Crippen LogP contribution is -2.37. The van der Waals surface area contributed by atoms with Crippen molar-refractivity contribution in [2.45, 2.75) is 72.8 Å². The molecule has 1 aliphatic rings. The van der Waals surface area contributed by atoms with E-state index in [1.165, 1.54) is 25.7 Å². The topological polar surface area (TPSA) is 9.23 Å². The Morgan fingerprint density at radius 1 is 0.933 bits per heavy atom. The molecule has 0 bridgehead atoms. The first-order chi connectivity index (χ1) is 6.62. The maximum Gasteiger partial charge on any atom is 0.0693 e. The summed E-state index contributed by atoms with van der Waals surface area (Å²) in [6.45, 7) is 14.9. The molecule has 0 aromatic carbocycles. The molecule has 0 atom stereocenters. The van der Waals surface area contributed by atoms with Crippen molar-refractivity contribution in [2.75, 3.05) is 6.61 Å². The molecule has 0 radical (unpaired) electrons. The van der Waals surface area contributed by atoms with Gasteiger partial charge in [-0.1, -0.05) is 41.5 Å². The summed E-state index contributed by atoms with van der Waals surface area (Å²) >= 11 is 0. The second-order valence-corrected chi connectivity index (χ2v) is 7.61. The molecule has 1 nitrogen and oxygen atoms in total. The Morgan fingerprint density at radius 2 is 1.40 bits per heavy atom. The van der Waals surface area contributed by atoms with E-state index < -0.39 is 0 Å². The molecule has 0 N–H and O–H groups in total. The fourth-order valence-corrected chi connectivity index (χ4v) is 3.03. The zero-order valence-corrected chi connectivity index (χ0v) is 11.4. The van der Waals surface area contributed by atoms with E-state index in [-0.39, 0.29) is 5.60 Å². The average molecular weight is 212 g/mol. The molecule has 0 unspecified atom stereocenters. The molecule has 15 heavy (non-hydrogen) atoms. The maximum absolute atomic E-state index is 6.09. The van der Waals surface area contributed by atoms with Crippen molar-refractivity contribution in [3.05, 3.63) is 0 Å². The van der Waals surface area contributed by atoms with Crippen molar-refractivity contribution in [2.24, 2.45) is 10.8 Å². The summed E-state index contributed by atoms with van der Waals surface area (Å²) in [6, 6.07) is 0. The molecule has 90 valence electrons. The van der Waals surface area contributed by atoms with E-state index in [0.717, 1.165) is 6.61 Å². The predicted octanol–water partition coefficient (Wildman–Crippen LogP) is 4.41. The monoisotopic (exact) mass is 212 g/mol. The Balaban J connectivity index is 2.71. The first-order valence-corrected chi connectivity index (χ1v) is 6.26. The maximum atomic E-state index is 6.09. The van der Waals surface area contributed by atoms with Gasteiger partial charge in [-0.25, -0.2) is 0 Å². The number of rotatable bonds is 2. The molecule has 1 heteroatoms. The molecule has 0 amide bonds. The normalized spacial score (nSPS) is 22.0. The van der Waals surface area contributed by atoms with Crippen molar-refractivity contribution in [1.29, 1.82) is 0 Å².